The molecule has 0 saturated carbocycles. The van der Waals surface area contributed by atoms with Crippen LogP contribution in [0, 0.1) is 6.92 Å². The van der Waals surface area contributed by atoms with E-state index in [1.807, 2.05) is 38.1 Å². The first-order chi connectivity index (χ1) is 16.3. The topological polar surface area (TPSA) is 65.1 Å². The molecule has 7 nitrogen and oxygen atoms in total. The van der Waals surface area contributed by atoms with E-state index in [-0.39, 0.29) is 5.91 Å². The van der Waals surface area contributed by atoms with Gasteiger partial charge in [0.1, 0.15) is 5.00 Å². The molecule has 0 spiro atoms. The first-order valence-corrected chi connectivity index (χ1v) is 12.9. The molecule has 184 valence electrons. The van der Waals surface area contributed by atoms with Crippen molar-refractivity contribution in [1.82, 2.24) is 14.7 Å². The molecule has 1 amide bonds. The maximum absolute atomic E-state index is 13.0. The molecule has 3 rings (SSSR count). The molecule has 1 N–H and O–H groups in total. The fourth-order valence-electron chi connectivity index (χ4n) is 3.94. The number of esters is 1. The van der Waals surface area contributed by atoms with Crippen molar-refractivity contribution in [3.8, 4) is 0 Å². The Hall–Kier alpha value is -2.20. The summed E-state index contributed by atoms with van der Waals surface area (Å²) in [7, 11) is 1.34. The zero-order chi connectivity index (χ0) is 24.8. The van der Waals surface area contributed by atoms with Crippen molar-refractivity contribution >= 4 is 57.1 Å². The molecule has 10 heteroatoms. The summed E-state index contributed by atoms with van der Waals surface area (Å²) < 4.78 is 5.00. The molecular formula is C24H31ClN4O3S2. The van der Waals surface area contributed by atoms with Gasteiger partial charge in [-0.1, -0.05) is 23.7 Å². The molecule has 0 bridgehead atoms. The molecule has 0 radical (unpaired) electrons. The van der Waals surface area contributed by atoms with Gasteiger partial charge in [-0.2, -0.15) is 0 Å². The van der Waals surface area contributed by atoms with Gasteiger partial charge in [-0.25, -0.2) is 4.79 Å². The van der Waals surface area contributed by atoms with Gasteiger partial charge in [0.25, 0.3) is 5.91 Å². The molecule has 1 fully saturated rings. The largest absolute Gasteiger partial charge is 0.465 e. The van der Waals surface area contributed by atoms with E-state index in [1.54, 1.807) is 11.8 Å². The second-order valence-electron chi connectivity index (χ2n) is 8.05. The zero-order valence-corrected chi connectivity index (χ0v) is 22.4. The van der Waals surface area contributed by atoms with Crippen LogP contribution < -0.4 is 5.32 Å². The van der Waals surface area contributed by atoms with E-state index in [2.05, 4.69) is 15.1 Å². The van der Waals surface area contributed by atoms with Crippen LogP contribution in [-0.4, -0.2) is 78.1 Å². The Morgan fingerprint density at radius 2 is 1.76 bits per heavy atom. The third-order valence-electron chi connectivity index (χ3n) is 5.98. The van der Waals surface area contributed by atoms with E-state index < -0.39 is 5.97 Å². The number of piperazine rings is 1. The Morgan fingerprint density at radius 1 is 1.15 bits per heavy atom. The van der Waals surface area contributed by atoms with Crippen LogP contribution in [0.5, 0.6) is 0 Å². The molecule has 0 aliphatic carbocycles. The van der Waals surface area contributed by atoms with Crippen molar-refractivity contribution in [3.63, 3.8) is 0 Å². The lowest BCUT2D eigenvalue weighted by Crippen LogP contribution is -2.49. The number of methoxy groups -OCH3 is 1. The van der Waals surface area contributed by atoms with Crippen LogP contribution in [-0.2, 0) is 11.3 Å². The van der Waals surface area contributed by atoms with Crippen LogP contribution in [0.2, 0.25) is 5.02 Å². The summed E-state index contributed by atoms with van der Waals surface area (Å²) in [6.45, 7) is 11.0. The van der Waals surface area contributed by atoms with Gasteiger partial charge in [0.05, 0.1) is 17.6 Å². The minimum atomic E-state index is -0.481. The van der Waals surface area contributed by atoms with Crippen molar-refractivity contribution in [2.24, 2.45) is 0 Å². The maximum atomic E-state index is 13.0. The lowest BCUT2D eigenvalue weighted by molar-refractivity contribution is 0.0601. The SMILES string of the molecule is CCN(CC)C(=O)c1sc(NC(=S)N2CCN(Cc3ccc(Cl)cc3)CC2)c(C(=O)OC)c1C. The number of thiophene rings is 1. The number of carbonyl (C=O) groups is 2. The van der Waals surface area contributed by atoms with E-state index in [0.29, 0.717) is 39.2 Å². The number of rotatable bonds is 7. The van der Waals surface area contributed by atoms with Gasteiger partial charge >= 0.3 is 5.97 Å². The number of hydrogen-bond acceptors (Lipinski definition) is 6. The Morgan fingerprint density at radius 3 is 2.32 bits per heavy atom. The normalized spacial score (nSPS) is 14.1. The quantitative estimate of drug-likeness (QED) is 0.424. The minimum Gasteiger partial charge on any atom is -0.465 e. The molecule has 0 unspecified atom stereocenters. The van der Waals surface area contributed by atoms with Crippen LogP contribution in [0.4, 0.5) is 5.00 Å². The molecule has 0 atom stereocenters. The highest BCUT2D eigenvalue weighted by molar-refractivity contribution is 7.80. The third kappa shape index (κ3) is 6.07. The number of nitrogens with zero attached hydrogens (tertiary/aromatic N) is 3. The Bertz CT molecular complexity index is 1030. The number of anilines is 1. The molecule has 2 heterocycles. The van der Waals surface area contributed by atoms with E-state index in [9.17, 15) is 9.59 Å². The minimum absolute atomic E-state index is 0.0903. The standard InChI is InChI=1S/C24H31ClN4O3S2/c1-5-28(6-2)22(30)20-16(3)19(23(31)32-4)21(34-20)26-24(33)29-13-11-27(12-14-29)15-17-7-9-18(25)10-8-17/h7-10H,5-6,11-15H2,1-4H3,(H,26,33). The van der Waals surface area contributed by atoms with Gasteiger partial charge in [-0.05, 0) is 56.2 Å². The predicted octanol–water partition coefficient (Wildman–Crippen LogP) is 4.49. The molecule has 1 aromatic carbocycles. The molecule has 2 aromatic rings. The van der Waals surface area contributed by atoms with Gasteiger partial charge in [0, 0.05) is 50.8 Å². The Kier molecular flexibility index (Phi) is 9.30. The first-order valence-electron chi connectivity index (χ1n) is 11.3. The summed E-state index contributed by atoms with van der Waals surface area (Å²) >= 11 is 12.9. The fraction of sp³-hybridized carbons (Fsp3) is 0.458. The smallest absolute Gasteiger partial charge is 0.341 e. The summed E-state index contributed by atoms with van der Waals surface area (Å²) in [4.78, 5) is 32.3. The maximum Gasteiger partial charge on any atom is 0.341 e. The summed E-state index contributed by atoms with van der Waals surface area (Å²) in [5.41, 5.74) is 2.21. The van der Waals surface area contributed by atoms with Gasteiger partial charge in [-0.3, -0.25) is 9.69 Å². The van der Waals surface area contributed by atoms with Crippen LogP contribution in [0.25, 0.3) is 0 Å². The average molecular weight is 523 g/mol. The predicted molar refractivity (Wildman–Crippen MR) is 142 cm³/mol. The molecule has 1 saturated heterocycles. The number of hydrogen-bond donors (Lipinski definition) is 1. The molecule has 34 heavy (non-hydrogen) atoms. The van der Waals surface area contributed by atoms with E-state index >= 15 is 0 Å². The van der Waals surface area contributed by atoms with Gasteiger partial charge < -0.3 is 19.9 Å². The number of ether oxygens (including phenoxy) is 1. The van der Waals surface area contributed by atoms with Crippen LogP contribution in [0.15, 0.2) is 24.3 Å². The molecule has 1 aliphatic rings. The number of thiocarbonyl (C=S) groups is 1. The van der Waals surface area contributed by atoms with Crippen molar-refractivity contribution in [2.45, 2.75) is 27.3 Å². The highest BCUT2D eigenvalue weighted by atomic mass is 35.5. The monoisotopic (exact) mass is 522 g/mol. The fourth-order valence-corrected chi connectivity index (χ4v) is 5.58. The van der Waals surface area contributed by atoms with E-state index in [4.69, 9.17) is 28.6 Å². The van der Waals surface area contributed by atoms with Crippen LogP contribution in [0.1, 0.15) is 45.0 Å². The lowest BCUT2D eigenvalue weighted by Gasteiger charge is -2.36. The molecule has 1 aliphatic heterocycles. The van der Waals surface area contributed by atoms with Gasteiger partial charge in [0.2, 0.25) is 0 Å². The third-order valence-corrected chi connectivity index (χ3v) is 7.79. The van der Waals surface area contributed by atoms with E-state index in [0.717, 1.165) is 37.7 Å². The summed E-state index contributed by atoms with van der Waals surface area (Å²) in [6, 6.07) is 7.91. The second-order valence-corrected chi connectivity index (χ2v) is 9.89. The highest BCUT2D eigenvalue weighted by Crippen LogP contribution is 2.35. The summed E-state index contributed by atoms with van der Waals surface area (Å²) in [5.74, 6) is -0.571. The van der Waals surface area contributed by atoms with Crippen molar-refractivity contribution < 1.29 is 14.3 Å². The van der Waals surface area contributed by atoms with Crippen molar-refractivity contribution in [1.29, 1.82) is 0 Å². The van der Waals surface area contributed by atoms with Crippen molar-refractivity contribution in [2.75, 3.05) is 51.7 Å². The first kappa shape index (κ1) is 26.4. The Balaban J connectivity index is 1.69. The zero-order valence-electron chi connectivity index (χ0n) is 20.0. The van der Waals surface area contributed by atoms with Crippen molar-refractivity contribution in [3.05, 3.63) is 50.9 Å². The van der Waals surface area contributed by atoms with Crippen LogP contribution in [0.3, 0.4) is 0 Å². The number of benzene rings is 1. The number of halogens is 1. The Labute approximate surface area is 215 Å². The lowest BCUT2D eigenvalue weighted by atomic mass is 10.1. The van der Waals surface area contributed by atoms with Gasteiger partial charge in [-0.15, -0.1) is 11.3 Å². The number of carbonyl (C=O) groups excluding carboxylic acids is 2. The van der Waals surface area contributed by atoms with E-state index in [1.165, 1.54) is 24.0 Å². The molecular weight excluding hydrogens is 492 g/mol. The second kappa shape index (κ2) is 12.0. The molecule has 1 aromatic heterocycles. The number of nitrogens with one attached hydrogen (secondary N) is 1. The van der Waals surface area contributed by atoms with Crippen LogP contribution >= 0.6 is 35.2 Å². The summed E-state index contributed by atoms with van der Waals surface area (Å²) in [5, 5.41) is 5.06. The average Bonchev–Trinajstić information content (AvgIpc) is 3.16. The number of amides is 1. The van der Waals surface area contributed by atoms with Gasteiger partial charge in [0.15, 0.2) is 5.11 Å². The highest BCUT2D eigenvalue weighted by Gasteiger charge is 2.28. The summed E-state index contributed by atoms with van der Waals surface area (Å²) in [6.07, 6.45) is 0.